The van der Waals surface area contributed by atoms with Gasteiger partial charge in [0, 0.05) is 12.6 Å². The first kappa shape index (κ1) is 9.00. The van der Waals surface area contributed by atoms with Crippen LogP contribution in [0.3, 0.4) is 0 Å². The lowest BCUT2D eigenvalue weighted by molar-refractivity contribution is -0.149. The van der Waals surface area contributed by atoms with Crippen molar-refractivity contribution >= 4 is 5.91 Å². The largest absolute Gasteiger partial charge is 0.381 e. The van der Waals surface area contributed by atoms with Gasteiger partial charge in [-0.05, 0) is 39.0 Å². The zero-order chi connectivity index (χ0) is 9.64. The second-order valence-electron chi connectivity index (χ2n) is 4.85. The molecule has 2 aliphatic rings. The van der Waals surface area contributed by atoms with Gasteiger partial charge in [-0.2, -0.15) is 0 Å². The summed E-state index contributed by atoms with van der Waals surface area (Å²) < 4.78 is 0. The van der Waals surface area contributed by atoms with Gasteiger partial charge in [0.05, 0.1) is 0 Å². The van der Waals surface area contributed by atoms with Gasteiger partial charge in [-0.3, -0.25) is 4.79 Å². The molecule has 1 N–H and O–H groups in total. The molecule has 0 aromatic heterocycles. The molecule has 3 nitrogen and oxygen atoms in total. The molecule has 2 atom stereocenters. The van der Waals surface area contributed by atoms with Crippen molar-refractivity contribution in [2.24, 2.45) is 5.92 Å². The maximum atomic E-state index is 11.7. The highest BCUT2D eigenvalue weighted by Gasteiger charge is 2.43. The SMILES string of the molecule is CC(C)(O)C(=O)N1CC2CCC1C2. The number of aliphatic hydroxyl groups is 1. The van der Waals surface area contributed by atoms with E-state index in [1.807, 2.05) is 4.90 Å². The molecule has 1 saturated carbocycles. The van der Waals surface area contributed by atoms with Crippen molar-refractivity contribution in [2.45, 2.75) is 44.8 Å². The summed E-state index contributed by atoms with van der Waals surface area (Å²) >= 11 is 0. The van der Waals surface area contributed by atoms with Crippen LogP contribution in [-0.2, 0) is 4.79 Å². The van der Waals surface area contributed by atoms with Crippen molar-refractivity contribution in [1.29, 1.82) is 0 Å². The van der Waals surface area contributed by atoms with Crippen molar-refractivity contribution in [3.8, 4) is 0 Å². The highest BCUT2D eigenvalue weighted by atomic mass is 16.3. The van der Waals surface area contributed by atoms with E-state index in [4.69, 9.17) is 0 Å². The Balaban J connectivity index is 2.07. The van der Waals surface area contributed by atoms with Crippen LogP contribution in [0, 0.1) is 5.92 Å². The molecule has 0 spiro atoms. The number of hydrogen-bond acceptors (Lipinski definition) is 2. The van der Waals surface area contributed by atoms with Gasteiger partial charge < -0.3 is 10.0 Å². The highest BCUT2D eigenvalue weighted by Crippen LogP contribution is 2.38. The Bertz CT molecular complexity index is 232. The number of likely N-dealkylation sites (tertiary alicyclic amines) is 1. The van der Waals surface area contributed by atoms with Gasteiger partial charge in [-0.25, -0.2) is 0 Å². The first-order chi connectivity index (χ1) is 5.98. The normalized spacial score (nSPS) is 32.7. The molecule has 0 radical (unpaired) electrons. The molecule has 2 unspecified atom stereocenters. The minimum absolute atomic E-state index is 0.0975. The maximum Gasteiger partial charge on any atom is 0.254 e. The first-order valence-corrected chi connectivity index (χ1v) is 5.02. The van der Waals surface area contributed by atoms with Crippen molar-refractivity contribution in [3.05, 3.63) is 0 Å². The molecule has 3 heteroatoms. The third-order valence-electron chi connectivity index (χ3n) is 3.19. The number of rotatable bonds is 1. The van der Waals surface area contributed by atoms with E-state index in [0.29, 0.717) is 12.0 Å². The fourth-order valence-electron chi connectivity index (χ4n) is 2.52. The summed E-state index contributed by atoms with van der Waals surface area (Å²) in [4.78, 5) is 13.6. The first-order valence-electron chi connectivity index (χ1n) is 5.02. The van der Waals surface area contributed by atoms with Gasteiger partial charge in [0.25, 0.3) is 5.91 Å². The number of nitrogens with zero attached hydrogens (tertiary/aromatic N) is 1. The van der Waals surface area contributed by atoms with Crippen molar-refractivity contribution in [3.63, 3.8) is 0 Å². The number of hydrogen-bond donors (Lipinski definition) is 1. The molecule has 2 fully saturated rings. The standard InChI is InChI=1S/C10H17NO2/c1-10(2,13)9(12)11-6-7-3-4-8(11)5-7/h7-8,13H,3-6H2,1-2H3. The van der Waals surface area contributed by atoms with Crippen LogP contribution in [0.2, 0.25) is 0 Å². The topological polar surface area (TPSA) is 40.5 Å². The monoisotopic (exact) mass is 183 g/mol. The van der Waals surface area contributed by atoms with E-state index in [0.717, 1.165) is 19.4 Å². The van der Waals surface area contributed by atoms with Gasteiger partial charge in [0.15, 0.2) is 0 Å². The third-order valence-corrected chi connectivity index (χ3v) is 3.19. The molecular weight excluding hydrogens is 166 g/mol. The van der Waals surface area contributed by atoms with Gasteiger partial charge >= 0.3 is 0 Å². The predicted octanol–water partition coefficient (Wildman–Crippen LogP) is 0.768. The summed E-state index contributed by atoms with van der Waals surface area (Å²) in [5, 5.41) is 9.58. The minimum atomic E-state index is -1.19. The van der Waals surface area contributed by atoms with Crippen LogP contribution in [-0.4, -0.2) is 34.1 Å². The van der Waals surface area contributed by atoms with Gasteiger partial charge in [0.1, 0.15) is 5.60 Å². The second-order valence-corrected chi connectivity index (χ2v) is 4.85. The molecule has 0 aromatic carbocycles. The smallest absolute Gasteiger partial charge is 0.254 e. The summed E-state index contributed by atoms with van der Waals surface area (Å²) in [7, 11) is 0. The van der Waals surface area contributed by atoms with E-state index in [9.17, 15) is 9.90 Å². The fraction of sp³-hybridized carbons (Fsp3) is 0.900. The van der Waals surface area contributed by atoms with Crippen LogP contribution in [0.4, 0.5) is 0 Å². The lowest BCUT2D eigenvalue weighted by atomic mass is 10.1. The Morgan fingerprint density at radius 3 is 2.54 bits per heavy atom. The van der Waals surface area contributed by atoms with Crippen LogP contribution in [0.15, 0.2) is 0 Å². The Morgan fingerprint density at radius 2 is 2.15 bits per heavy atom. The van der Waals surface area contributed by atoms with E-state index < -0.39 is 5.60 Å². The second kappa shape index (κ2) is 2.71. The van der Waals surface area contributed by atoms with Crippen LogP contribution in [0.5, 0.6) is 0 Å². The third kappa shape index (κ3) is 1.46. The fourth-order valence-corrected chi connectivity index (χ4v) is 2.52. The average molecular weight is 183 g/mol. The summed E-state index contributed by atoms with van der Waals surface area (Å²) in [6.45, 7) is 4.01. The van der Waals surface area contributed by atoms with Crippen LogP contribution in [0.1, 0.15) is 33.1 Å². The van der Waals surface area contributed by atoms with Crippen molar-refractivity contribution in [1.82, 2.24) is 4.90 Å². The molecule has 0 aromatic rings. The Morgan fingerprint density at radius 1 is 1.46 bits per heavy atom. The van der Waals surface area contributed by atoms with E-state index in [1.165, 1.54) is 6.42 Å². The number of carbonyl (C=O) groups is 1. The average Bonchev–Trinajstić information content (AvgIpc) is 2.60. The molecule has 1 heterocycles. The van der Waals surface area contributed by atoms with Gasteiger partial charge in [-0.1, -0.05) is 0 Å². The van der Waals surface area contributed by atoms with E-state index in [2.05, 4.69) is 0 Å². The number of fused-ring (bicyclic) bond motifs is 2. The van der Waals surface area contributed by atoms with Crippen LogP contribution >= 0.6 is 0 Å². The van der Waals surface area contributed by atoms with Crippen molar-refractivity contribution < 1.29 is 9.90 Å². The molecule has 2 rings (SSSR count). The van der Waals surface area contributed by atoms with Crippen LogP contribution < -0.4 is 0 Å². The number of carbonyl (C=O) groups excluding carboxylic acids is 1. The molecule has 2 bridgehead atoms. The molecule has 1 saturated heterocycles. The van der Waals surface area contributed by atoms with Crippen LogP contribution in [0.25, 0.3) is 0 Å². The summed E-state index contributed by atoms with van der Waals surface area (Å²) in [6, 6.07) is 0.420. The molecule has 13 heavy (non-hydrogen) atoms. The number of piperidine rings is 1. The Labute approximate surface area is 78.7 Å². The molecule has 74 valence electrons. The van der Waals surface area contributed by atoms with E-state index in [-0.39, 0.29) is 5.91 Å². The number of amides is 1. The van der Waals surface area contributed by atoms with Crippen molar-refractivity contribution in [2.75, 3.05) is 6.54 Å². The molecule has 1 amide bonds. The van der Waals surface area contributed by atoms with Gasteiger partial charge in [0.2, 0.25) is 0 Å². The van der Waals surface area contributed by atoms with E-state index in [1.54, 1.807) is 13.8 Å². The maximum absolute atomic E-state index is 11.7. The lowest BCUT2D eigenvalue weighted by Crippen LogP contribution is -2.48. The summed E-state index contributed by atoms with van der Waals surface area (Å²) in [5.41, 5.74) is -1.19. The summed E-state index contributed by atoms with van der Waals surface area (Å²) in [6.07, 6.45) is 3.55. The molecule has 1 aliphatic heterocycles. The zero-order valence-corrected chi connectivity index (χ0v) is 8.29. The summed E-state index contributed by atoms with van der Waals surface area (Å²) in [5.74, 6) is 0.607. The zero-order valence-electron chi connectivity index (χ0n) is 8.29. The molecule has 1 aliphatic carbocycles. The Kier molecular flexibility index (Phi) is 1.88. The Hall–Kier alpha value is -0.570. The van der Waals surface area contributed by atoms with Gasteiger partial charge in [-0.15, -0.1) is 0 Å². The quantitative estimate of drug-likeness (QED) is 0.652. The molecular formula is C10H17NO2. The lowest BCUT2D eigenvalue weighted by Gasteiger charge is -2.31. The van der Waals surface area contributed by atoms with E-state index >= 15 is 0 Å². The predicted molar refractivity (Wildman–Crippen MR) is 49.1 cm³/mol. The highest BCUT2D eigenvalue weighted by molar-refractivity contribution is 5.84. The minimum Gasteiger partial charge on any atom is -0.381 e.